The molecule has 1 atom stereocenters. The molecule has 1 aliphatic heterocycles. The van der Waals surface area contributed by atoms with E-state index < -0.39 is 0 Å². The van der Waals surface area contributed by atoms with Gasteiger partial charge in [-0.15, -0.1) is 0 Å². The highest BCUT2D eigenvalue weighted by Gasteiger charge is 2.24. The van der Waals surface area contributed by atoms with Gasteiger partial charge in [-0.05, 0) is 24.6 Å². The van der Waals surface area contributed by atoms with Gasteiger partial charge in [0, 0.05) is 6.54 Å². The minimum Gasteiger partial charge on any atom is -0.370 e. The van der Waals surface area contributed by atoms with Gasteiger partial charge in [-0.3, -0.25) is 4.79 Å². The molecule has 3 nitrogen and oxygen atoms in total. The second kappa shape index (κ2) is 4.61. The Kier molecular flexibility index (Phi) is 3.19. The average molecular weight is 223 g/mol. The lowest BCUT2D eigenvalue weighted by atomic mass is 10.1. The van der Waals surface area contributed by atoms with Gasteiger partial charge in [0.15, 0.2) is 0 Å². The van der Waals surface area contributed by atoms with Crippen LogP contribution in [0.1, 0.15) is 18.5 Å². The number of carbonyl (C=O) groups is 1. The Balaban J connectivity index is 2.14. The van der Waals surface area contributed by atoms with Gasteiger partial charge in [-0.1, -0.05) is 12.1 Å². The van der Waals surface area contributed by atoms with Crippen LogP contribution < -0.4 is 0 Å². The number of rotatable bonds is 2. The van der Waals surface area contributed by atoms with Gasteiger partial charge in [0.25, 0.3) is 0 Å². The minimum atomic E-state index is -0.260. The molecule has 86 valence electrons. The quantitative estimate of drug-likeness (QED) is 0.764. The highest BCUT2D eigenvalue weighted by atomic mass is 19.1. The molecule has 1 saturated heterocycles. The third kappa shape index (κ3) is 2.22. The van der Waals surface area contributed by atoms with Crippen LogP contribution in [0.15, 0.2) is 24.3 Å². The molecule has 1 aliphatic rings. The Morgan fingerprint density at radius 2 is 2.06 bits per heavy atom. The molecule has 1 amide bonds. The fourth-order valence-electron chi connectivity index (χ4n) is 1.86. The molecule has 0 radical (unpaired) electrons. The first-order valence-electron chi connectivity index (χ1n) is 5.31. The number of carbonyl (C=O) groups excluding carboxylic acids is 1. The summed E-state index contributed by atoms with van der Waals surface area (Å²) < 4.78 is 17.8. The lowest BCUT2D eigenvalue weighted by Gasteiger charge is -2.32. The van der Waals surface area contributed by atoms with E-state index in [1.807, 2.05) is 6.92 Å². The van der Waals surface area contributed by atoms with Gasteiger partial charge in [0.05, 0.1) is 12.6 Å². The molecule has 0 saturated carbocycles. The molecule has 0 aliphatic carbocycles. The molecule has 2 rings (SSSR count). The van der Waals surface area contributed by atoms with Crippen molar-refractivity contribution < 1.29 is 13.9 Å². The van der Waals surface area contributed by atoms with E-state index in [4.69, 9.17) is 4.74 Å². The summed E-state index contributed by atoms with van der Waals surface area (Å²) in [7, 11) is 0. The van der Waals surface area contributed by atoms with E-state index in [9.17, 15) is 9.18 Å². The average Bonchev–Trinajstić information content (AvgIpc) is 2.30. The van der Waals surface area contributed by atoms with Crippen LogP contribution in [0.5, 0.6) is 0 Å². The van der Waals surface area contributed by atoms with E-state index in [0.717, 1.165) is 5.56 Å². The summed E-state index contributed by atoms with van der Waals surface area (Å²) in [4.78, 5) is 13.4. The molecule has 0 spiro atoms. The fraction of sp³-hybridized carbons (Fsp3) is 0.417. The van der Waals surface area contributed by atoms with Crippen molar-refractivity contribution in [2.45, 2.75) is 13.0 Å². The summed E-state index contributed by atoms with van der Waals surface area (Å²) in [5.74, 6) is -0.271. The van der Waals surface area contributed by atoms with Crippen molar-refractivity contribution in [2.24, 2.45) is 0 Å². The molecule has 0 N–H and O–H groups in total. The van der Waals surface area contributed by atoms with Crippen LogP contribution >= 0.6 is 0 Å². The maximum absolute atomic E-state index is 12.8. The predicted molar refractivity (Wildman–Crippen MR) is 57.3 cm³/mol. The maximum atomic E-state index is 12.8. The van der Waals surface area contributed by atoms with Crippen molar-refractivity contribution in [1.82, 2.24) is 4.90 Å². The number of nitrogens with zero attached hydrogens (tertiary/aromatic N) is 1. The highest BCUT2D eigenvalue weighted by Crippen LogP contribution is 2.21. The standard InChI is InChI=1S/C12H14FNO2/c1-9(10-2-4-11(13)5-3-10)14-6-7-16-8-12(14)15/h2-5,9H,6-8H2,1H3/t9-/m0/s1. The van der Waals surface area contributed by atoms with E-state index >= 15 is 0 Å². The van der Waals surface area contributed by atoms with Crippen molar-refractivity contribution >= 4 is 5.91 Å². The summed E-state index contributed by atoms with van der Waals surface area (Å²) in [5.41, 5.74) is 0.941. The smallest absolute Gasteiger partial charge is 0.249 e. The molecule has 1 aromatic rings. The fourth-order valence-corrected chi connectivity index (χ4v) is 1.86. The van der Waals surface area contributed by atoms with E-state index in [1.54, 1.807) is 17.0 Å². The lowest BCUT2D eigenvalue weighted by molar-refractivity contribution is -0.145. The third-order valence-electron chi connectivity index (χ3n) is 2.84. The van der Waals surface area contributed by atoms with Crippen molar-refractivity contribution in [1.29, 1.82) is 0 Å². The largest absolute Gasteiger partial charge is 0.370 e. The molecular formula is C12H14FNO2. The SMILES string of the molecule is C[C@@H](c1ccc(F)cc1)N1CCOCC1=O. The number of ether oxygens (including phenoxy) is 1. The van der Waals surface area contributed by atoms with Gasteiger partial charge >= 0.3 is 0 Å². The number of benzene rings is 1. The van der Waals surface area contributed by atoms with Gasteiger partial charge < -0.3 is 9.64 Å². The Morgan fingerprint density at radius 1 is 1.38 bits per heavy atom. The summed E-state index contributed by atoms with van der Waals surface area (Å²) in [5, 5.41) is 0. The zero-order valence-electron chi connectivity index (χ0n) is 9.15. The van der Waals surface area contributed by atoms with Gasteiger partial charge in [0.1, 0.15) is 12.4 Å². The molecule has 1 aromatic carbocycles. The van der Waals surface area contributed by atoms with Crippen LogP contribution in [0.2, 0.25) is 0 Å². The van der Waals surface area contributed by atoms with Gasteiger partial charge in [-0.25, -0.2) is 4.39 Å². The van der Waals surface area contributed by atoms with Crippen LogP contribution in [0, 0.1) is 5.82 Å². The second-order valence-corrected chi connectivity index (χ2v) is 3.87. The van der Waals surface area contributed by atoms with Crippen LogP contribution in [0.25, 0.3) is 0 Å². The predicted octanol–water partition coefficient (Wildman–Crippen LogP) is 1.75. The molecule has 0 unspecified atom stereocenters. The van der Waals surface area contributed by atoms with Crippen LogP contribution in [-0.4, -0.2) is 30.6 Å². The number of hydrogen-bond donors (Lipinski definition) is 0. The van der Waals surface area contributed by atoms with Gasteiger partial charge in [-0.2, -0.15) is 0 Å². The summed E-state index contributed by atoms with van der Waals surface area (Å²) in [6.45, 7) is 3.25. The van der Waals surface area contributed by atoms with E-state index in [-0.39, 0.29) is 24.4 Å². The molecule has 4 heteroatoms. The molecule has 1 fully saturated rings. The summed E-state index contributed by atoms with van der Waals surface area (Å²) >= 11 is 0. The minimum absolute atomic E-state index is 0.0110. The zero-order chi connectivity index (χ0) is 11.5. The summed E-state index contributed by atoms with van der Waals surface area (Å²) in [6.07, 6.45) is 0. The van der Waals surface area contributed by atoms with Crippen molar-refractivity contribution in [3.8, 4) is 0 Å². The topological polar surface area (TPSA) is 29.5 Å². The highest BCUT2D eigenvalue weighted by molar-refractivity contribution is 5.78. The number of halogens is 1. The normalized spacial score (nSPS) is 18.6. The van der Waals surface area contributed by atoms with Gasteiger partial charge in [0.2, 0.25) is 5.91 Å². The molecule has 0 bridgehead atoms. The van der Waals surface area contributed by atoms with E-state index in [1.165, 1.54) is 12.1 Å². The lowest BCUT2D eigenvalue weighted by Crippen LogP contribution is -2.42. The van der Waals surface area contributed by atoms with Crippen LogP contribution in [0.3, 0.4) is 0 Å². The number of hydrogen-bond acceptors (Lipinski definition) is 2. The van der Waals surface area contributed by atoms with E-state index in [0.29, 0.717) is 13.2 Å². The second-order valence-electron chi connectivity index (χ2n) is 3.87. The first-order chi connectivity index (χ1) is 7.68. The monoisotopic (exact) mass is 223 g/mol. The summed E-state index contributed by atoms with van der Waals surface area (Å²) in [6, 6.07) is 6.22. The van der Waals surface area contributed by atoms with Crippen LogP contribution in [-0.2, 0) is 9.53 Å². The van der Waals surface area contributed by atoms with Crippen molar-refractivity contribution in [3.63, 3.8) is 0 Å². The van der Waals surface area contributed by atoms with E-state index in [2.05, 4.69) is 0 Å². The first-order valence-corrected chi connectivity index (χ1v) is 5.31. The Morgan fingerprint density at radius 3 is 2.69 bits per heavy atom. The third-order valence-corrected chi connectivity index (χ3v) is 2.84. The first kappa shape index (κ1) is 11.1. The molecular weight excluding hydrogens is 209 g/mol. The Labute approximate surface area is 93.8 Å². The molecule has 0 aromatic heterocycles. The number of amides is 1. The maximum Gasteiger partial charge on any atom is 0.249 e. The van der Waals surface area contributed by atoms with Crippen molar-refractivity contribution in [2.75, 3.05) is 19.8 Å². The van der Waals surface area contributed by atoms with Crippen molar-refractivity contribution in [3.05, 3.63) is 35.6 Å². The Hall–Kier alpha value is -1.42. The molecule has 16 heavy (non-hydrogen) atoms. The Bertz CT molecular complexity index is 377. The zero-order valence-corrected chi connectivity index (χ0v) is 9.15. The number of morpholine rings is 1. The van der Waals surface area contributed by atoms with Crippen LogP contribution in [0.4, 0.5) is 4.39 Å². The molecule has 1 heterocycles.